The lowest BCUT2D eigenvalue weighted by molar-refractivity contribution is -0.141. The van der Waals surface area contributed by atoms with E-state index in [9.17, 15) is 14.4 Å². The summed E-state index contributed by atoms with van der Waals surface area (Å²) in [5, 5.41) is 2.95. The SMILES string of the molecule is CC(C)C.CC[C@H](C(=O)NCC(=O)N(C)[C@H](CN1CCCC[C@H]1C(=O)N1CCCCC1)C(C)C)C(C)(C)c1ccccc1.COC=O. The third-order valence-electron chi connectivity index (χ3n) is 9.27. The number of likely N-dealkylation sites (N-methyl/N-ethyl adjacent to an activating group) is 1. The average Bonchev–Trinajstić information content (AvgIpc) is 3.06. The van der Waals surface area contributed by atoms with Crippen molar-refractivity contribution in [1.29, 1.82) is 0 Å². The summed E-state index contributed by atoms with van der Waals surface area (Å²) in [5.74, 6) is 0.907. The van der Waals surface area contributed by atoms with Crippen LogP contribution in [0.5, 0.6) is 0 Å². The van der Waals surface area contributed by atoms with E-state index in [1.54, 1.807) is 4.90 Å². The molecule has 1 aromatic rings. The Bertz CT molecular complexity index is 1050. The van der Waals surface area contributed by atoms with Gasteiger partial charge < -0.3 is 19.9 Å². The van der Waals surface area contributed by atoms with Crippen molar-refractivity contribution in [2.24, 2.45) is 17.8 Å². The monoisotopic (exact) mass is 659 g/mol. The van der Waals surface area contributed by atoms with Crippen LogP contribution in [0, 0.1) is 17.8 Å². The van der Waals surface area contributed by atoms with Gasteiger partial charge in [-0.25, -0.2) is 0 Å². The highest BCUT2D eigenvalue weighted by Crippen LogP contribution is 2.34. The molecular formula is C38H66N4O5. The van der Waals surface area contributed by atoms with Crippen LogP contribution in [0.4, 0.5) is 0 Å². The molecule has 1 N–H and O–H groups in total. The van der Waals surface area contributed by atoms with E-state index in [0.717, 1.165) is 63.2 Å². The molecule has 3 atom stereocenters. The summed E-state index contributed by atoms with van der Waals surface area (Å²) in [7, 11) is 3.16. The molecule has 1 aromatic carbocycles. The van der Waals surface area contributed by atoms with Gasteiger partial charge in [0, 0.05) is 44.1 Å². The molecule has 2 saturated heterocycles. The van der Waals surface area contributed by atoms with E-state index in [1.807, 2.05) is 32.2 Å². The quantitative estimate of drug-likeness (QED) is 0.281. The fraction of sp³-hybridized carbons (Fsp3) is 0.737. The number of hydrogen-bond donors (Lipinski definition) is 1. The summed E-state index contributed by atoms with van der Waals surface area (Å²) in [6, 6.07) is 9.98. The van der Waals surface area contributed by atoms with E-state index in [0.29, 0.717) is 19.4 Å². The van der Waals surface area contributed by atoms with Gasteiger partial charge in [0.15, 0.2) is 0 Å². The molecule has 0 unspecified atom stereocenters. The lowest BCUT2D eigenvalue weighted by Crippen LogP contribution is -2.57. The predicted octanol–water partition coefficient (Wildman–Crippen LogP) is 5.91. The number of methoxy groups -OCH3 is 1. The number of likely N-dealkylation sites (tertiary alicyclic amines) is 2. The molecule has 3 amide bonds. The number of amides is 3. The molecule has 2 aliphatic heterocycles. The summed E-state index contributed by atoms with van der Waals surface area (Å²) in [5.41, 5.74) is 0.769. The van der Waals surface area contributed by atoms with E-state index in [-0.39, 0.29) is 53.6 Å². The van der Waals surface area contributed by atoms with Crippen LogP contribution < -0.4 is 5.32 Å². The van der Waals surface area contributed by atoms with Crippen molar-refractivity contribution in [3.8, 4) is 0 Å². The zero-order valence-electron chi connectivity index (χ0n) is 31.2. The highest BCUT2D eigenvalue weighted by molar-refractivity contribution is 5.86. The Labute approximate surface area is 286 Å². The van der Waals surface area contributed by atoms with Gasteiger partial charge in [0.05, 0.1) is 19.7 Å². The molecule has 0 aliphatic carbocycles. The standard InChI is InChI=1S/C32H52N4O3.C4H10.C2H4O2/c1-7-26(32(4,5)25-16-10-8-11-17-25)30(38)33-22-29(37)34(6)28(24(2)3)23-36-21-15-12-18-27(36)31(39)35-19-13-9-14-20-35;1-4(2)3;1-4-2-3/h8,10-11,16-17,24,26-28H,7,9,12-15,18-23H2,1-6H3,(H,33,38);4H,1-3H3;2H,1H3/t26-,27+,28-;;/m1../s1. The van der Waals surface area contributed by atoms with Gasteiger partial charge in [-0.1, -0.05) is 92.1 Å². The van der Waals surface area contributed by atoms with Crippen LogP contribution in [0.15, 0.2) is 30.3 Å². The predicted molar refractivity (Wildman–Crippen MR) is 191 cm³/mol. The number of hydrogen-bond acceptors (Lipinski definition) is 6. The maximum atomic E-state index is 13.4. The number of rotatable bonds is 12. The van der Waals surface area contributed by atoms with Crippen molar-refractivity contribution >= 4 is 24.2 Å². The number of nitrogens with one attached hydrogen (secondary N) is 1. The van der Waals surface area contributed by atoms with Crippen LogP contribution in [0.2, 0.25) is 0 Å². The van der Waals surface area contributed by atoms with Gasteiger partial charge in [0.25, 0.3) is 6.47 Å². The van der Waals surface area contributed by atoms with Crippen LogP contribution in [0.3, 0.4) is 0 Å². The van der Waals surface area contributed by atoms with Crippen LogP contribution in [-0.4, -0.2) is 97.9 Å². The van der Waals surface area contributed by atoms with Crippen LogP contribution in [0.1, 0.15) is 106 Å². The van der Waals surface area contributed by atoms with Crippen molar-refractivity contribution in [2.75, 3.05) is 46.9 Å². The van der Waals surface area contributed by atoms with Gasteiger partial charge in [-0.2, -0.15) is 0 Å². The topological polar surface area (TPSA) is 99.3 Å². The van der Waals surface area contributed by atoms with Gasteiger partial charge in [-0.05, 0) is 62.5 Å². The molecule has 268 valence electrons. The zero-order valence-corrected chi connectivity index (χ0v) is 31.2. The molecule has 2 heterocycles. The highest BCUT2D eigenvalue weighted by Gasteiger charge is 2.37. The Hall–Kier alpha value is -2.94. The Morgan fingerprint density at radius 1 is 0.979 bits per heavy atom. The summed E-state index contributed by atoms with van der Waals surface area (Å²) >= 11 is 0. The van der Waals surface area contributed by atoms with E-state index in [2.05, 4.69) is 80.5 Å². The molecule has 2 fully saturated rings. The molecule has 2 aliphatic rings. The smallest absolute Gasteiger partial charge is 0.292 e. The first-order valence-electron chi connectivity index (χ1n) is 17.8. The Kier molecular flexibility index (Phi) is 19.6. The molecule has 9 heteroatoms. The number of ether oxygens (including phenoxy) is 1. The maximum Gasteiger partial charge on any atom is 0.292 e. The lowest BCUT2D eigenvalue weighted by atomic mass is 9.71. The molecule has 3 rings (SSSR count). The van der Waals surface area contributed by atoms with Crippen molar-refractivity contribution in [3.05, 3.63) is 35.9 Å². The first-order valence-corrected chi connectivity index (χ1v) is 17.8. The van der Waals surface area contributed by atoms with E-state index in [4.69, 9.17) is 4.79 Å². The fourth-order valence-electron chi connectivity index (χ4n) is 6.52. The number of carbonyl (C=O) groups is 4. The van der Waals surface area contributed by atoms with Crippen molar-refractivity contribution in [1.82, 2.24) is 20.0 Å². The van der Waals surface area contributed by atoms with Crippen molar-refractivity contribution < 1.29 is 23.9 Å². The van der Waals surface area contributed by atoms with E-state index < -0.39 is 0 Å². The highest BCUT2D eigenvalue weighted by atomic mass is 16.5. The van der Waals surface area contributed by atoms with E-state index in [1.165, 1.54) is 13.5 Å². The molecule has 47 heavy (non-hydrogen) atoms. The molecule has 9 nitrogen and oxygen atoms in total. The Morgan fingerprint density at radius 3 is 2.04 bits per heavy atom. The van der Waals surface area contributed by atoms with E-state index >= 15 is 0 Å². The van der Waals surface area contributed by atoms with Crippen LogP contribution >= 0.6 is 0 Å². The molecule has 0 saturated carbocycles. The molecule has 0 aromatic heterocycles. The maximum absolute atomic E-state index is 13.4. The second-order valence-corrected chi connectivity index (χ2v) is 14.5. The normalized spacial score (nSPS) is 18.1. The second kappa shape index (κ2) is 21.8. The number of carbonyl (C=O) groups excluding carboxylic acids is 4. The summed E-state index contributed by atoms with van der Waals surface area (Å²) < 4.78 is 3.86. The first kappa shape index (κ1) is 42.1. The minimum atomic E-state index is -0.348. The van der Waals surface area contributed by atoms with Crippen molar-refractivity contribution in [2.45, 2.75) is 118 Å². The van der Waals surface area contributed by atoms with Crippen molar-refractivity contribution in [3.63, 3.8) is 0 Å². The third kappa shape index (κ3) is 14.0. The summed E-state index contributed by atoms with van der Waals surface area (Å²) in [4.78, 5) is 55.2. The number of piperidine rings is 2. The van der Waals surface area contributed by atoms with Gasteiger partial charge in [0.2, 0.25) is 17.7 Å². The van der Waals surface area contributed by atoms with Crippen LogP contribution in [-0.2, 0) is 29.3 Å². The average molecular weight is 659 g/mol. The Morgan fingerprint density at radius 2 is 1.53 bits per heavy atom. The first-order chi connectivity index (χ1) is 22.2. The minimum absolute atomic E-state index is 0.0178. The molecule has 0 spiro atoms. The Balaban J connectivity index is 0.00000124. The summed E-state index contributed by atoms with van der Waals surface area (Å²) in [6.07, 6.45) is 7.13. The molecule has 0 bridgehead atoms. The van der Waals surface area contributed by atoms with Crippen LogP contribution in [0.25, 0.3) is 0 Å². The number of nitrogens with zero attached hydrogens (tertiary/aromatic N) is 3. The van der Waals surface area contributed by atoms with Gasteiger partial charge >= 0.3 is 0 Å². The fourth-order valence-corrected chi connectivity index (χ4v) is 6.52. The second-order valence-electron chi connectivity index (χ2n) is 14.5. The lowest BCUT2D eigenvalue weighted by Gasteiger charge is -2.42. The largest absolute Gasteiger partial charge is 0.471 e. The summed E-state index contributed by atoms with van der Waals surface area (Å²) in [6.45, 7) is 20.6. The molecule has 0 radical (unpaired) electrons. The van der Waals surface area contributed by atoms with Gasteiger partial charge in [-0.3, -0.25) is 24.1 Å². The van der Waals surface area contributed by atoms with Gasteiger partial charge in [0.1, 0.15) is 0 Å². The number of benzene rings is 1. The zero-order chi connectivity index (χ0) is 35.6. The van der Waals surface area contributed by atoms with Gasteiger partial charge in [-0.15, -0.1) is 0 Å². The molecular weight excluding hydrogens is 592 g/mol. The third-order valence-corrected chi connectivity index (χ3v) is 9.27. The minimum Gasteiger partial charge on any atom is -0.471 e.